The van der Waals surface area contributed by atoms with Crippen LogP contribution in [-0.2, 0) is 0 Å². The lowest BCUT2D eigenvalue weighted by atomic mass is 10.1. The van der Waals surface area contributed by atoms with Gasteiger partial charge in [-0.1, -0.05) is 0 Å². The van der Waals surface area contributed by atoms with Gasteiger partial charge in [0.15, 0.2) is 5.78 Å². The summed E-state index contributed by atoms with van der Waals surface area (Å²) in [4.78, 5) is 13.8. The Morgan fingerprint density at radius 2 is 2.05 bits per heavy atom. The molecule has 0 saturated carbocycles. The average molecular weight is 261 g/mol. The molecule has 2 rings (SSSR count). The van der Waals surface area contributed by atoms with Gasteiger partial charge < -0.3 is 9.64 Å². The second-order valence-electron chi connectivity index (χ2n) is 5.29. The van der Waals surface area contributed by atoms with E-state index in [0.717, 1.165) is 36.4 Å². The van der Waals surface area contributed by atoms with Crippen molar-refractivity contribution in [2.45, 2.75) is 33.1 Å². The van der Waals surface area contributed by atoms with E-state index in [0.29, 0.717) is 0 Å². The van der Waals surface area contributed by atoms with Gasteiger partial charge in [-0.3, -0.25) is 4.79 Å². The highest BCUT2D eigenvalue weighted by Gasteiger charge is 2.10. The third kappa shape index (κ3) is 4.06. The van der Waals surface area contributed by atoms with Gasteiger partial charge in [-0.05, 0) is 70.0 Å². The van der Waals surface area contributed by atoms with E-state index in [9.17, 15) is 4.79 Å². The molecule has 0 unspecified atom stereocenters. The van der Waals surface area contributed by atoms with Crippen LogP contribution in [0.25, 0.3) is 0 Å². The molecule has 1 heterocycles. The molecule has 3 heteroatoms. The van der Waals surface area contributed by atoms with Crippen molar-refractivity contribution in [2.24, 2.45) is 0 Å². The largest absolute Gasteiger partial charge is 0.493 e. The molecule has 1 fully saturated rings. The van der Waals surface area contributed by atoms with E-state index in [2.05, 4.69) is 4.90 Å². The highest BCUT2D eigenvalue weighted by molar-refractivity contribution is 5.94. The van der Waals surface area contributed by atoms with E-state index in [-0.39, 0.29) is 5.78 Å². The summed E-state index contributed by atoms with van der Waals surface area (Å²) in [5.74, 6) is 0.995. The van der Waals surface area contributed by atoms with Crippen LogP contribution < -0.4 is 4.74 Å². The Bertz CT molecular complexity index is 436. The van der Waals surface area contributed by atoms with Gasteiger partial charge >= 0.3 is 0 Å². The molecule has 1 saturated heterocycles. The average Bonchev–Trinajstić information content (AvgIpc) is 2.89. The van der Waals surface area contributed by atoms with E-state index < -0.39 is 0 Å². The Hall–Kier alpha value is -1.35. The highest BCUT2D eigenvalue weighted by atomic mass is 16.5. The molecule has 0 amide bonds. The molecular formula is C16H23NO2. The van der Waals surface area contributed by atoms with Crippen molar-refractivity contribution >= 4 is 5.78 Å². The minimum Gasteiger partial charge on any atom is -0.493 e. The number of Topliss-reactive ketones (excluding diaryl/α,β-unsaturated/α-hetero) is 1. The first-order valence-corrected chi connectivity index (χ1v) is 7.13. The number of hydrogen-bond acceptors (Lipinski definition) is 3. The molecule has 0 aliphatic carbocycles. The van der Waals surface area contributed by atoms with Gasteiger partial charge in [-0.2, -0.15) is 0 Å². The summed E-state index contributed by atoms with van der Waals surface area (Å²) in [6.45, 7) is 7.94. The first-order valence-electron chi connectivity index (χ1n) is 7.13. The predicted molar refractivity (Wildman–Crippen MR) is 77.0 cm³/mol. The summed E-state index contributed by atoms with van der Waals surface area (Å²) < 4.78 is 5.79. The second-order valence-corrected chi connectivity index (χ2v) is 5.29. The van der Waals surface area contributed by atoms with Gasteiger partial charge in [0.2, 0.25) is 0 Å². The fraction of sp³-hybridized carbons (Fsp3) is 0.562. The maximum absolute atomic E-state index is 11.3. The van der Waals surface area contributed by atoms with E-state index >= 15 is 0 Å². The Balaban J connectivity index is 1.77. The topological polar surface area (TPSA) is 29.5 Å². The standard InChI is InChI=1S/C16H23NO2/c1-13-12-15(14(2)18)6-7-16(13)19-11-5-10-17-8-3-4-9-17/h6-7,12H,3-5,8-11H2,1-2H3. The molecule has 0 spiro atoms. The fourth-order valence-electron chi connectivity index (χ4n) is 2.51. The van der Waals surface area contributed by atoms with Crippen molar-refractivity contribution in [1.29, 1.82) is 0 Å². The van der Waals surface area contributed by atoms with Crippen LogP contribution >= 0.6 is 0 Å². The number of ketones is 1. The Morgan fingerprint density at radius 3 is 2.68 bits per heavy atom. The monoisotopic (exact) mass is 261 g/mol. The molecule has 1 aromatic carbocycles. The van der Waals surface area contributed by atoms with Crippen molar-refractivity contribution in [1.82, 2.24) is 4.90 Å². The normalized spacial score (nSPS) is 15.7. The number of likely N-dealkylation sites (tertiary alicyclic amines) is 1. The summed E-state index contributed by atoms with van der Waals surface area (Å²) in [6.07, 6.45) is 3.74. The van der Waals surface area contributed by atoms with E-state index in [1.165, 1.54) is 25.9 Å². The number of rotatable bonds is 6. The van der Waals surface area contributed by atoms with Crippen LogP contribution in [-0.4, -0.2) is 36.9 Å². The van der Waals surface area contributed by atoms with Crippen LogP contribution in [0.2, 0.25) is 0 Å². The Morgan fingerprint density at radius 1 is 1.32 bits per heavy atom. The van der Waals surface area contributed by atoms with Crippen molar-refractivity contribution in [3.8, 4) is 5.75 Å². The quantitative estimate of drug-likeness (QED) is 0.582. The molecule has 0 radical (unpaired) electrons. The lowest BCUT2D eigenvalue weighted by Gasteiger charge is -2.15. The summed E-state index contributed by atoms with van der Waals surface area (Å²) in [5, 5.41) is 0. The lowest BCUT2D eigenvalue weighted by Crippen LogP contribution is -2.21. The van der Waals surface area contributed by atoms with Crippen LogP contribution in [0.5, 0.6) is 5.75 Å². The molecule has 0 N–H and O–H groups in total. The van der Waals surface area contributed by atoms with Crippen molar-refractivity contribution in [3.05, 3.63) is 29.3 Å². The number of hydrogen-bond donors (Lipinski definition) is 0. The van der Waals surface area contributed by atoms with Crippen molar-refractivity contribution in [3.63, 3.8) is 0 Å². The molecule has 0 aromatic heterocycles. The van der Waals surface area contributed by atoms with Crippen LogP contribution in [0.4, 0.5) is 0 Å². The minimum atomic E-state index is 0.101. The van der Waals surface area contributed by atoms with Gasteiger partial charge in [0.1, 0.15) is 5.75 Å². The number of carbonyl (C=O) groups excluding carboxylic acids is 1. The van der Waals surface area contributed by atoms with Crippen LogP contribution in [0, 0.1) is 6.92 Å². The van der Waals surface area contributed by atoms with Crippen LogP contribution in [0.1, 0.15) is 42.1 Å². The second kappa shape index (κ2) is 6.71. The number of carbonyl (C=O) groups is 1. The first kappa shape index (κ1) is 14.1. The number of ether oxygens (including phenoxy) is 1. The summed E-state index contributed by atoms with van der Waals surface area (Å²) >= 11 is 0. The molecule has 104 valence electrons. The van der Waals surface area contributed by atoms with Gasteiger partial charge in [0.25, 0.3) is 0 Å². The van der Waals surface area contributed by atoms with E-state index in [4.69, 9.17) is 4.74 Å². The molecule has 1 aliphatic rings. The molecule has 1 aliphatic heterocycles. The summed E-state index contributed by atoms with van der Waals surface area (Å²) in [7, 11) is 0. The number of aryl methyl sites for hydroxylation is 1. The predicted octanol–water partition coefficient (Wildman–Crippen LogP) is 3.06. The molecule has 3 nitrogen and oxygen atoms in total. The minimum absolute atomic E-state index is 0.101. The maximum Gasteiger partial charge on any atom is 0.159 e. The Kier molecular flexibility index (Phi) is 4.97. The smallest absolute Gasteiger partial charge is 0.159 e. The zero-order valence-corrected chi connectivity index (χ0v) is 11.9. The third-order valence-corrected chi connectivity index (χ3v) is 3.66. The van der Waals surface area contributed by atoms with E-state index in [1.807, 2.05) is 25.1 Å². The van der Waals surface area contributed by atoms with Gasteiger partial charge in [-0.15, -0.1) is 0 Å². The molecule has 0 atom stereocenters. The highest BCUT2D eigenvalue weighted by Crippen LogP contribution is 2.19. The third-order valence-electron chi connectivity index (χ3n) is 3.66. The molecule has 1 aromatic rings. The Labute approximate surface area is 115 Å². The SMILES string of the molecule is CC(=O)c1ccc(OCCCN2CCCC2)c(C)c1. The van der Waals surface area contributed by atoms with Gasteiger partial charge in [0, 0.05) is 12.1 Å². The molecular weight excluding hydrogens is 238 g/mol. The molecule has 0 bridgehead atoms. The zero-order valence-electron chi connectivity index (χ0n) is 11.9. The van der Waals surface area contributed by atoms with E-state index in [1.54, 1.807) is 6.92 Å². The van der Waals surface area contributed by atoms with Crippen LogP contribution in [0.15, 0.2) is 18.2 Å². The van der Waals surface area contributed by atoms with Crippen molar-refractivity contribution < 1.29 is 9.53 Å². The summed E-state index contributed by atoms with van der Waals surface area (Å²) in [6, 6.07) is 5.64. The number of nitrogens with zero attached hydrogens (tertiary/aromatic N) is 1. The number of benzene rings is 1. The maximum atomic E-state index is 11.3. The van der Waals surface area contributed by atoms with Crippen molar-refractivity contribution in [2.75, 3.05) is 26.2 Å². The lowest BCUT2D eigenvalue weighted by molar-refractivity contribution is 0.101. The zero-order chi connectivity index (χ0) is 13.7. The first-order chi connectivity index (χ1) is 9.16. The summed E-state index contributed by atoms with van der Waals surface area (Å²) in [5.41, 5.74) is 1.79. The van der Waals surface area contributed by atoms with Crippen LogP contribution in [0.3, 0.4) is 0 Å². The fourth-order valence-corrected chi connectivity index (χ4v) is 2.51. The molecule has 19 heavy (non-hydrogen) atoms. The van der Waals surface area contributed by atoms with Gasteiger partial charge in [0.05, 0.1) is 6.61 Å². The van der Waals surface area contributed by atoms with Gasteiger partial charge in [-0.25, -0.2) is 0 Å².